The topological polar surface area (TPSA) is 330 Å². The number of hydrogen-bond donors (Lipinski definition) is 8. The lowest BCUT2D eigenvalue weighted by molar-refractivity contribution is -0.140. The highest BCUT2D eigenvalue weighted by molar-refractivity contribution is 8.26. The van der Waals surface area contributed by atoms with Crippen LogP contribution in [0.4, 0.5) is 9.59 Å². The number of thiocarbonyl (C=S) groups is 1. The Morgan fingerprint density at radius 2 is 1.10 bits per heavy atom. The Labute approximate surface area is 389 Å². The molecule has 3 saturated heterocycles. The molecule has 3 aromatic carbocycles. The van der Waals surface area contributed by atoms with Gasteiger partial charge in [0, 0.05) is 45.5 Å². The van der Waals surface area contributed by atoms with Crippen molar-refractivity contribution in [1.82, 2.24) is 24.5 Å². The van der Waals surface area contributed by atoms with E-state index in [4.69, 9.17) is 27.8 Å². The molecule has 3 fully saturated rings. The number of rotatable bonds is 8. The highest BCUT2D eigenvalue weighted by Gasteiger charge is 2.39. The fourth-order valence-corrected chi connectivity index (χ4v) is 6.89. The van der Waals surface area contributed by atoms with Gasteiger partial charge in [-0.25, -0.2) is 9.59 Å². The Balaban J connectivity index is 0.000000220. The molecule has 67 heavy (non-hydrogen) atoms. The van der Waals surface area contributed by atoms with Crippen LogP contribution >= 0.6 is 24.0 Å². The number of phenolic OH excluding ortho intramolecular Hbond substituents is 6. The molecule has 0 saturated carbocycles. The van der Waals surface area contributed by atoms with Crippen LogP contribution in [0.15, 0.2) is 94.3 Å². The zero-order valence-corrected chi connectivity index (χ0v) is 37.4. The molecule has 24 heteroatoms. The second-order valence-corrected chi connectivity index (χ2v) is 15.6. The fourth-order valence-electron chi connectivity index (χ4n) is 5.64. The number of carbonyl (C=O) groups is 8. The predicted molar refractivity (Wildman–Crippen MR) is 242 cm³/mol. The van der Waals surface area contributed by atoms with Crippen LogP contribution in [0.2, 0.25) is 0 Å². The summed E-state index contributed by atoms with van der Waals surface area (Å²) in [5.74, 6) is -5.96. The fraction of sp³-hybridized carbons (Fsp3) is 0.140. The number of carboxylic acids is 1. The summed E-state index contributed by atoms with van der Waals surface area (Å²) in [6, 6.07) is 10.6. The number of carbonyl (C=O) groups excluding carboxylic acids is 7. The maximum absolute atomic E-state index is 12.1. The summed E-state index contributed by atoms with van der Waals surface area (Å²) in [4.78, 5) is 98.7. The molecule has 0 aromatic heterocycles. The van der Waals surface area contributed by atoms with Crippen LogP contribution in [0.25, 0.3) is 18.2 Å². The van der Waals surface area contributed by atoms with Crippen LogP contribution < -0.4 is 5.73 Å². The second kappa shape index (κ2) is 21.4. The van der Waals surface area contributed by atoms with Crippen molar-refractivity contribution >= 4 is 94.1 Å². The average molecular weight is 961 g/mol. The van der Waals surface area contributed by atoms with Crippen LogP contribution in [0.3, 0.4) is 0 Å². The lowest BCUT2D eigenvalue weighted by Gasteiger charge is -2.28. The van der Waals surface area contributed by atoms with Crippen molar-refractivity contribution in [3.8, 4) is 34.5 Å². The maximum atomic E-state index is 12.1. The van der Waals surface area contributed by atoms with Crippen LogP contribution in [-0.4, -0.2) is 154 Å². The van der Waals surface area contributed by atoms with E-state index in [2.05, 4.69) is 0 Å². The van der Waals surface area contributed by atoms with Crippen LogP contribution in [0.1, 0.15) is 16.7 Å². The Bertz CT molecular complexity index is 2730. The first kappa shape index (κ1) is 51.0. The van der Waals surface area contributed by atoms with Gasteiger partial charge < -0.3 is 46.2 Å². The Morgan fingerprint density at radius 1 is 0.642 bits per heavy atom. The number of aliphatic carboxylic acids is 1. The third kappa shape index (κ3) is 12.1. The molecule has 3 aliphatic rings. The number of likely N-dealkylation sites (N-methyl/N-ethyl adjacent to an activating group) is 4. The molecule has 350 valence electrons. The van der Waals surface area contributed by atoms with E-state index >= 15 is 0 Å². The number of amides is 9. The number of nitrogens with zero attached hydrogens (tertiary/aromatic N) is 5. The molecule has 0 atom stereocenters. The number of nitrogens with two attached hydrogens (primary N) is 1. The number of imide groups is 4. The summed E-state index contributed by atoms with van der Waals surface area (Å²) in [7, 11) is 6.42. The Morgan fingerprint density at radius 3 is 1.54 bits per heavy atom. The molecule has 0 spiro atoms. The first-order valence-electron chi connectivity index (χ1n) is 18.8. The number of phenols is 6. The molecule has 6 rings (SSSR count). The van der Waals surface area contributed by atoms with Crippen molar-refractivity contribution in [1.29, 1.82) is 0 Å². The number of aromatic hydroxyl groups is 6. The van der Waals surface area contributed by atoms with Gasteiger partial charge in [-0.2, -0.15) is 0 Å². The third-order valence-corrected chi connectivity index (χ3v) is 10.6. The van der Waals surface area contributed by atoms with E-state index < -0.39 is 54.1 Å². The zero-order chi connectivity index (χ0) is 50.2. The van der Waals surface area contributed by atoms with Crippen molar-refractivity contribution in [3.63, 3.8) is 0 Å². The van der Waals surface area contributed by atoms with Gasteiger partial charge in [0.25, 0.3) is 29.5 Å². The molecule has 9 N–H and O–H groups in total. The summed E-state index contributed by atoms with van der Waals surface area (Å²) in [5.41, 5.74) is 6.66. The van der Waals surface area contributed by atoms with Crippen molar-refractivity contribution in [2.24, 2.45) is 5.73 Å². The number of benzene rings is 3. The number of hydrogen-bond acceptors (Lipinski definition) is 18. The minimum absolute atomic E-state index is 0.0722. The van der Waals surface area contributed by atoms with Crippen molar-refractivity contribution in [3.05, 3.63) is 111 Å². The molecule has 0 aliphatic carbocycles. The molecule has 3 aliphatic heterocycles. The molecule has 0 radical (unpaired) electrons. The summed E-state index contributed by atoms with van der Waals surface area (Å²) >= 11 is 5.91. The largest absolute Gasteiger partial charge is 0.508 e. The lowest BCUT2D eigenvalue weighted by atomic mass is 10.1. The van der Waals surface area contributed by atoms with E-state index in [9.17, 15) is 69.0 Å². The number of allylic oxidation sites excluding steroid dienone is 2. The molecule has 0 unspecified atom stereocenters. The average Bonchev–Trinajstić information content (AvgIpc) is 3.54. The normalized spacial score (nSPS) is 16.3. The maximum Gasteiger partial charge on any atom is 0.333 e. The van der Waals surface area contributed by atoms with E-state index in [1.165, 1.54) is 108 Å². The number of methoxy groups -OCH3 is 1. The molecule has 3 heterocycles. The summed E-state index contributed by atoms with van der Waals surface area (Å²) < 4.78 is 5.29. The SMILES string of the molecule is CN1C(=O)C(=C/C(N)=C/c2ccc(O)c(O)c2)C(=O)N(C)C1=O.CO/C(C=C1C(=O)N(C)C(=O)N(C)C1=O)=C\c1ccc(O)c(O)c1.O=C(O)CN1C(=O)/C(=C/c2ccc(O)cc2O)SC1=S. The van der Waals surface area contributed by atoms with Gasteiger partial charge in [-0.05, 0) is 77.9 Å². The van der Waals surface area contributed by atoms with Gasteiger partial charge in [-0.1, -0.05) is 36.1 Å². The van der Waals surface area contributed by atoms with Gasteiger partial charge >= 0.3 is 18.0 Å². The van der Waals surface area contributed by atoms with E-state index in [-0.39, 0.29) is 66.3 Å². The Kier molecular flexibility index (Phi) is 16.3. The Hall–Kier alpha value is -8.64. The van der Waals surface area contributed by atoms with Gasteiger partial charge in [0.15, 0.2) is 23.0 Å². The molecule has 9 amide bonds. The van der Waals surface area contributed by atoms with Crippen molar-refractivity contribution in [2.75, 3.05) is 41.8 Å². The van der Waals surface area contributed by atoms with Crippen molar-refractivity contribution in [2.45, 2.75) is 0 Å². The molecule has 22 nitrogen and oxygen atoms in total. The summed E-state index contributed by atoms with van der Waals surface area (Å²) in [6.45, 7) is -0.496. The molecule has 3 aromatic rings. The minimum Gasteiger partial charge on any atom is -0.508 e. The number of carboxylic acid groups (broad SMARTS) is 1. The van der Waals surface area contributed by atoms with Gasteiger partial charge in [0.2, 0.25) is 0 Å². The van der Waals surface area contributed by atoms with Crippen LogP contribution in [0.5, 0.6) is 34.5 Å². The number of thioether (sulfide) groups is 1. The lowest BCUT2D eigenvalue weighted by Crippen LogP contribution is -2.53. The monoisotopic (exact) mass is 960 g/mol. The number of ether oxygens (including phenoxy) is 1. The van der Waals surface area contributed by atoms with Gasteiger partial charge in [0.05, 0.1) is 12.0 Å². The first-order chi connectivity index (χ1) is 31.4. The standard InChI is InChI=1S/C16H16N2O6.C15H15N3O5.C12H9NO5S2/c1-17-14(21)11(15(22)18(2)16(17)23)8-10(24-3)6-9-4-5-12(19)13(20)7-9;1-17-13(21)10(14(22)18(2)15(17)23)7-9(16)5-8-3-4-11(19)12(20)6-8;14-7-2-1-6(8(15)4-7)3-9-11(18)13(5-10(16)17)12(19)20-9/h4-8,19-20H,1-3H3;3-7,19-20H,16H2,1-2H3;1-4,14-15H,5H2,(H,16,17)/b10-6-;9-5-;9-3-. The summed E-state index contributed by atoms with van der Waals surface area (Å²) in [5, 5.41) is 65.0. The highest BCUT2D eigenvalue weighted by Crippen LogP contribution is 2.35. The van der Waals surface area contributed by atoms with E-state index in [1.807, 2.05) is 0 Å². The van der Waals surface area contributed by atoms with Crippen molar-refractivity contribution < 1.29 is 78.8 Å². The minimum atomic E-state index is -1.16. The second-order valence-electron chi connectivity index (χ2n) is 13.9. The molecule has 0 bridgehead atoms. The van der Waals surface area contributed by atoms with Gasteiger partial charge in [-0.3, -0.25) is 53.3 Å². The van der Waals surface area contributed by atoms with Gasteiger partial charge in [-0.15, -0.1) is 0 Å². The van der Waals surface area contributed by atoms with Crippen LogP contribution in [-0.2, 0) is 33.5 Å². The van der Waals surface area contributed by atoms with E-state index in [0.29, 0.717) is 16.7 Å². The van der Waals surface area contributed by atoms with E-state index in [0.717, 1.165) is 48.4 Å². The molecular weight excluding hydrogens is 921 g/mol. The zero-order valence-electron chi connectivity index (χ0n) is 35.7. The van der Waals surface area contributed by atoms with Crippen LogP contribution in [0, 0.1) is 0 Å². The van der Waals surface area contributed by atoms with E-state index in [1.54, 1.807) is 0 Å². The number of barbiturate groups is 2. The number of urea groups is 2. The third-order valence-electron chi connectivity index (χ3n) is 9.23. The smallest absolute Gasteiger partial charge is 0.333 e. The first-order valence-corrected chi connectivity index (χ1v) is 20.0. The summed E-state index contributed by atoms with van der Waals surface area (Å²) in [6.07, 6.45) is 6.64. The predicted octanol–water partition coefficient (Wildman–Crippen LogP) is 2.82. The quantitative estimate of drug-likeness (QED) is 0.0529. The molecular formula is C43H40N6O16S2. The van der Waals surface area contributed by atoms with Gasteiger partial charge in [0.1, 0.15) is 39.3 Å². The highest BCUT2D eigenvalue weighted by atomic mass is 32.2.